The van der Waals surface area contributed by atoms with Crippen LogP contribution in [0.5, 0.6) is 0 Å². The molecule has 2 N–H and O–H groups in total. The maximum atomic E-state index is 12.1. The molecule has 15 heavy (non-hydrogen) atoms. The van der Waals surface area contributed by atoms with Crippen LogP contribution < -0.4 is 5.73 Å². The lowest BCUT2D eigenvalue weighted by Crippen LogP contribution is -2.52. The summed E-state index contributed by atoms with van der Waals surface area (Å²) < 4.78 is 0. The van der Waals surface area contributed by atoms with E-state index in [1.807, 2.05) is 0 Å². The third kappa shape index (κ3) is 2.17. The number of hydrogen-bond donors (Lipinski definition) is 1. The Morgan fingerprint density at radius 2 is 2.13 bits per heavy atom. The number of carbonyl (C=O) groups is 1. The van der Waals surface area contributed by atoms with Gasteiger partial charge in [0.2, 0.25) is 5.91 Å². The summed E-state index contributed by atoms with van der Waals surface area (Å²) in [6.07, 6.45) is 5.67. The Morgan fingerprint density at radius 3 is 2.67 bits per heavy atom. The molecular formula is C12H22N2O. The second kappa shape index (κ2) is 4.52. The third-order valence-corrected chi connectivity index (χ3v) is 3.99. The van der Waals surface area contributed by atoms with Crippen molar-refractivity contribution in [2.75, 3.05) is 13.1 Å². The highest BCUT2D eigenvalue weighted by Crippen LogP contribution is 2.31. The van der Waals surface area contributed by atoms with Crippen molar-refractivity contribution in [2.24, 2.45) is 17.6 Å². The summed E-state index contributed by atoms with van der Waals surface area (Å²) in [7, 11) is 0. The summed E-state index contributed by atoms with van der Waals surface area (Å²) in [6.45, 7) is 3.81. The molecule has 1 aliphatic carbocycles. The van der Waals surface area contributed by atoms with Crippen molar-refractivity contribution in [1.29, 1.82) is 0 Å². The van der Waals surface area contributed by atoms with Crippen molar-refractivity contribution >= 4 is 5.91 Å². The lowest BCUT2D eigenvalue weighted by molar-refractivity contribution is -0.142. The molecule has 3 nitrogen and oxygen atoms in total. The van der Waals surface area contributed by atoms with Gasteiger partial charge in [0.1, 0.15) is 0 Å². The molecule has 1 saturated carbocycles. The van der Waals surface area contributed by atoms with Crippen LogP contribution in [0.25, 0.3) is 0 Å². The number of nitrogens with two attached hydrogens (primary N) is 1. The van der Waals surface area contributed by atoms with Gasteiger partial charge in [-0.25, -0.2) is 0 Å². The summed E-state index contributed by atoms with van der Waals surface area (Å²) in [5.74, 6) is 1.43. The number of likely N-dealkylation sites (tertiary alicyclic amines) is 1. The second-order valence-electron chi connectivity index (χ2n) is 5.18. The maximum absolute atomic E-state index is 12.1. The molecule has 1 aliphatic heterocycles. The lowest BCUT2D eigenvalue weighted by Gasteiger charge is -2.41. The Bertz CT molecular complexity index is 238. The molecule has 1 amide bonds. The highest BCUT2D eigenvalue weighted by Gasteiger charge is 2.35. The number of nitrogens with zero attached hydrogens (tertiary/aromatic N) is 1. The molecule has 0 bridgehead atoms. The number of rotatable bonds is 2. The van der Waals surface area contributed by atoms with E-state index in [0.29, 0.717) is 24.4 Å². The molecule has 86 valence electrons. The summed E-state index contributed by atoms with van der Waals surface area (Å²) in [4.78, 5) is 14.2. The average Bonchev–Trinajstić information content (AvgIpc) is 2.14. The Hall–Kier alpha value is -0.570. The van der Waals surface area contributed by atoms with Crippen molar-refractivity contribution in [3.05, 3.63) is 0 Å². The standard InChI is InChI=1S/C12H22N2O/c1-9-5-6-14(11(7-9)8-13)12(15)10-3-2-4-10/h9-11H,2-8,13H2,1H3. The van der Waals surface area contributed by atoms with E-state index in [4.69, 9.17) is 5.73 Å². The van der Waals surface area contributed by atoms with E-state index in [1.165, 1.54) is 6.42 Å². The number of amides is 1. The Labute approximate surface area is 92.0 Å². The van der Waals surface area contributed by atoms with Gasteiger partial charge < -0.3 is 10.6 Å². The van der Waals surface area contributed by atoms with Gasteiger partial charge in [-0.15, -0.1) is 0 Å². The Balaban J connectivity index is 1.96. The Kier molecular flexibility index (Phi) is 3.29. The highest BCUT2D eigenvalue weighted by molar-refractivity contribution is 5.80. The largest absolute Gasteiger partial charge is 0.338 e. The minimum atomic E-state index is 0.307. The van der Waals surface area contributed by atoms with Gasteiger partial charge in [0.15, 0.2) is 0 Å². The SMILES string of the molecule is CC1CCN(C(=O)C2CCC2)C(CN)C1. The molecule has 0 aromatic carbocycles. The number of hydrogen-bond acceptors (Lipinski definition) is 2. The molecule has 2 rings (SSSR count). The van der Waals surface area contributed by atoms with Crippen LogP contribution in [0.3, 0.4) is 0 Å². The first-order chi connectivity index (χ1) is 7.22. The fraction of sp³-hybridized carbons (Fsp3) is 0.917. The fourth-order valence-corrected chi connectivity index (χ4v) is 2.65. The minimum absolute atomic E-state index is 0.307. The zero-order valence-electron chi connectivity index (χ0n) is 9.61. The van der Waals surface area contributed by atoms with Crippen LogP contribution in [0, 0.1) is 11.8 Å². The molecule has 1 heterocycles. The van der Waals surface area contributed by atoms with Crippen LogP contribution in [0.4, 0.5) is 0 Å². The van der Waals surface area contributed by atoms with Gasteiger partial charge in [0, 0.05) is 25.0 Å². The minimum Gasteiger partial charge on any atom is -0.338 e. The molecule has 1 saturated heterocycles. The molecule has 2 fully saturated rings. The van der Waals surface area contributed by atoms with Crippen LogP contribution in [0.1, 0.15) is 39.0 Å². The first-order valence-corrected chi connectivity index (χ1v) is 6.23. The first-order valence-electron chi connectivity index (χ1n) is 6.23. The Morgan fingerprint density at radius 1 is 1.40 bits per heavy atom. The van der Waals surface area contributed by atoms with E-state index in [0.717, 1.165) is 38.1 Å². The quantitative estimate of drug-likeness (QED) is 0.748. The normalized spacial score (nSPS) is 32.5. The molecular weight excluding hydrogens is 188 g/mol. The van der Waals surface area contributed by atoms with Gasteiger partial charge in [-0.1, -0.05) is 13.3 Å². The average molecular weight is 210 g/mol. The predicted octanol–water partition coefficient (Wildman–Crippen LogP) is 1.37. The molecule has 2 atom stereocenters. The van der Waals surface area contributed by atoms with Crippen molar-refractivity contribution in [3.8, 4) is 0 Å². The van der Waals surface area contributed by atoms with Crippen LogP contribution in [-0.2, 0) is 4.79 Å². The molecule has 2 unspecified atom stereocenters. The topological polar surface area (TPSA) is 46.3 Å². The highest BCUT2D eigenvalue weighted by atomic mass is 16.2. The summed E-state index contributed by atoms with van der Waals surface area (Å²) in [5, 5.41) is 0. The fourth-order valence-electron chi connectivity index (χ4n) is 2.65. The van der Waals surface area contributed by atoms with Gasteiger partial charge in [-0.3, -0.25) is 4.79 Å². The molecule has 0 aromatic rings. The van der Waals surface area contributed by atoms with Gasteiger partial charge in [-0.05, 0) is 31.6 Å². The molecule has 0 aromatic heterocycles. The van der Waals surface area contributed by atoms with Crippen molar-refractivity contribution in [2.45, 2.75) is 45.1 Å². The van der Waals surface area contributed by atoms with Gasteiger partial charge in [-0.2, -0.15) is 0 Å². The smallest absolute Gasteiger partial charge is 0.225 e. The van der Waals surface area contributed by atoms with Crippen LogP contribution in [0.2, 0.25) is 0 Å². The number of piperidine rings is 1. The van der Waals surface area contributed by atoms with Crippen LogP contribution in [0.15, 0.2) is 0 Å². The van der Waals surface area contributed by atoms with Gasteiger partial charge >= 0.3 is 0 Å². The second-order valence-corrected chi connectivity index (χ2v) is 5.18. The molecule has 2 aliphatic rings. The van der Waals surface area contributed by atoms with E-state index in [-0.39, 0.29) is 0 Å². The van der Waals surface area contributed by atoms with Gasteiger partial charge in [0.05, 0.1) is 0 Å². The van der Waals surface area contributed by atoms with E-state index >= 15 is 0 Å². The maximum Gasteiger partial charge on any atom is 0.225 e. The monoisotopic (exact) mass is 210 g/mol. The zero-order valence-corrected chi connectivity index (χ0v) is 9.61. The van der Waals surface area contributed by atoms with Crippen LogP contribution in [-0.4, -0.2) is 29.9 Å². The number of carbonyl (C=O) groups excluding carboxylic acids is 1. The van der Waals surface area contributed by atoms with Crippen molar-refractivity contribution in [3.63, 3.8) is 0 Å². The van der Waals surface area contributed by atoms with Gasteiger partial charge in [0.25, 0.3) is 0 Å². The van der Waals surface area contributed by atoms with E-state index in [2.05, 4.69) is 11.8 Å². The third-order valence-electron chi connectivity index (χ3n) is 3.99. The molecule has 0 radical (unpaired) electrons. The molecule has 3 heteroatoms. The summed E-state index contributed by atoms with van der Waals surface area (Å²) in [6, 6.07) is 0.307. The lowest BCUT2D eigenvalue weighted by atomic mass is 9.82. The first kappa shape index (κ1) is 10.9. The van der Waals surface area contributed by atoms with E-state index in [9.17, 15) is 4.79 Å². The van der Waals surface area contributed by atoms with Crippen LogP contribution >= 0.6 is 0 Å². The summed E-state index contributed by atoms with van der Waals surface area (Å²) in [5.41, 5.74) is 5.76. The zero-order chi connectivity index (χ0) is 10.8. The van der Waals surface area contributed by atoms with E-state index in [1.54, 1.807) is 0 Å². The summed E-state index contributed by atoms with van der Waals surface area (Å²) >= 11 is 0. The van der Waals surface area contributed by atoms with E-state index < -0.39 is 0 Å². The van der Waals surface area contributed by atoms with Crippen molar-refractivity contribution in [1.82, 2.24) is 4.90 Å². The van der Waals surface area contributed by atoms with Crippen molar-refractivity contribution < 1.29 is 4.79 Å². The molecule has 0 spiro atoms. The predicted molar refractivity (Wildman–Crippen MR) is 60.3 cm³/mol.